The summed E-state index contributed by atoms with van der Waals surface area (Å²) in [4.78, 5) is 209. The molecular formula is C84H121BrCl2N14O22. The second-order valence-corrected chi connectivity index (χ2v) is 27.3. The Morgan fingerprint density at radius 3 is 1.26 bits per heavy atom. The van der Waals surface area contributed by atoms with Gasteiger partial charge < -0.3 is 75.3 Å². The number of ether oxygens (including phenoxy) is 5. The molecule has 3 amide bonds. The smallest absolute Gasteiger partial charge is 0.316 e. The lowest BCUT2D eigenvalue weighted by Gasteiger charge is -2.29. The minimum absolute atomic E-state index is 0. The molecule has 8 rings (SSSR count). The van der Waals surface area contributed by atoms with Gasteiger partial charge in [-0.25, -0.2) is 19.9 Å². The molecule has 36 nitrogen and oxygen atoms in total. The highest BCUT2D eigenvalue weighted by Gasteiger charge is 2.29. The molecule has 123 heavy (non-hydrogen) atoms. The molecule has 680 valence electrons. The van der Waals surface area contributed by atoms with E-state index in [-0.39, 0.29) is 153 Å². The first-order valence-corrected chi connectivity index (χ1v) is 41.6. The van der Waals surface area contributed by atoms with E-state index < -0.39 is 35.0 Å². The van der Waals surface area contributed by atoms with Gasteiger partial charge in [0.25, 0.3) is 22.2 Å². The number of Topliss-reactive ketones (excluding diaryl/α,β-unsaturated/α-hetero) is 2. The topological polar surface area (TPSA) is 543 Å². The van der Waals surface area contributed by atoms with E-state index in [1.807, 2.05) is 58.0 Å². The number of esters is 5. The molecule has 0 spiro atoms. The summed E-state index contributed by atoms with van der Waals surface area (Å²) in [5.41, 5.74) is 12.2. The number of para-hydroxylation sites is 4. The van der Waals surface area contributed by atoms with Crippen molar-refractivity contribution in [2.75, 3.05) is 72.3 Å². The van der Waals surface area contributed by atoms with Crippen LogP contribution in [0.25, 0.3) is 0 Å². The summed E-state index contributed by atoms with van der Waals surface area (Å²) < 4.78 is 23.5. The summed E-state index contributed by atoms with van der Waals surface area (Å²) in [6.07, 6.45) is 5.64. The molecule has 2 aliphatic heterocycles. The molecule has 6 heterocycles. The first kappa shape index (κ1) is 114. The van der Waals surface area contributed by atoms with E-state index in [1.54, 1.807) is 94.4 Å². The average molecular weight is 1830 g/mol. The number of hydrogen-bond donors (Lipinski definition) is 10. The van der Waals surface area contributed by atoms with Crippen molar-refractivity contribution in [3.8, 4) is 0 Å². The lowest BCUT2D eigenvalue weighted by Crippen LogP contribution is -2.42. The summed E-state index contributed by atoms with van der Waals surface area (Å²) in [6, 6.07) is 14.8. The highest BCUT2D eigenvalue weighted by Crippen LogP contribution is 2.30. The third-order valence-corrected chi connectivity index (χ3v) is 17.0. The van der Waals surface area contributed by atoms with Crippen LogP contribution in [-0.2, 0) is 133 Å². The summed E-state index contributed by atoms with van der Waals surface area (Å²) in [7, 11) is 0. The van der Waals surface area contributed by atoms with Gasteiger partial charge in [-0.1, -0.05) is 81.7 Å². The number of carbonyl (C=O) groups excluding carboxylic acids is 11. The highest BCUT2D eigenvalue weighted by atomic mass is 79.9. The first-order valence-electron chi connectivity index (χ1n) is 40.1. The van der Waals surface area contributed by atoms with Crippen LogP contribution in [0, 0.1) is 39.0 Å². The molecule has 2 aromatic carbocycles. The van der Waals surface area contributed by atoms with Crippen LogP contribution in [-0.4, -0.2) is 173 Å². The van der Waals surface area contributed by atoms with Crippen LogP contribution >= 0.6 is 39.9 Å². The van der Waals surface area contributed by atoms with E-state index in [1.165, 1.54) is 11.8 Å². The molecule has 0 saturated heterocycles. The number of nitrogens with zero attached hydrogens (tertiary/aromatic N) is 5. The third kappa shape index (κ3) is 46.9. The standard InChI is InChI=1S/C18H20N4O3.C12H18N2O3.C12H20O5.C10H13ClN2O2.C10H14N2O3.C8H8N2O.C7H12O3.C5H9BrO2.C2H6N2.ClH/c1-3-13-12(18(25)20-11(2)19-13)8-9-17(24)22-10-16(23)21-14-6-4-5-7-15(14)22;1-4-10-9(6-7-11(15)17-5-2)12(16)14-8(3)13-10;1-4-10(13)9(12(15)17-6-3)7-8-11(14)16-5-2;1-3-8-7(4-5-9(11)14)10(15)13-6(2)12-8;1-3-8-7(4-5-9(13)14)10(15)12-6(2)11-8;11-8-5-9-6-3-1-2-4-7(6)10-8;1-3-6(8)5-7(9)10-4-2;1-2-8-5(7)3-4-6;1-2(3)4;/h4-7H,3,8-10H2,1-2H3,(H,21,23)(H,19,20,25);4-7H2,1-3H3,(H,13,14,16);9H,4-8H2,1-3H3;3-5H2,1-2H3,(H,12,13,15);3-5H2,1-2H3,(H,13,14)(H,11,12,15);1-4,9H,5H2,(H,10,11);3-5H2,1-2H3;2-4H2,1H3;1H3,(H3,3,4);1H. The van der Waals surface area contributed by atoms with Crippen molar-refractivity contribution in [3.63, 3.8) is 0 Å². The minimum atomic E-state index is -0.906. The molecule has 11 N–H and O–H groups in total. The predicted octanol–water partition coefficient (Wildman–Crippen LogP) is 9.85. The number of aliphatic carboxylic acids is 1. The van der Waals surface area contributed by atoms with Crippen LogP contribution < -0.4 is 48.8 Å². The summed E-state index contributed by atoms with van der Waals surface area (Å²) in [5.74, 6) is -1.71. The summed E-state index contributed by atoms with van der Waals surface area (Å²) >= 11 is 8.35. The Kier molecular flexibility index (Phi) is 59.4. The normalized spacial score (nSPS) is 11.1. The number of amidine groups is 1. The number of hydrogen-bond acceptors (Lipinski definition) is 27. The number of alkyl halides is 1. The van der Waals surface area contributed by atoms with Crippen molar-refractivity contribution >= 4 is 139 Å². The lowest BCUT2D eigenvalue weighted by atomic mass is 9.97. The maximum Gasteiger partial charge on any atom is 0.316 e. The van der Waals surface area contributed by atoms with Gasteiger partial charge in [-0.3, -0.25) is 82.1 Å². The summed E-state index contributed by atoms with van der Waals surface area (Å²) in [6.45, 7) is 30.3. The van der Waals surface area contributed by atoms with Crippen LogP contribution in [0.3, 0.4) is 0 Å². The predicted molar refractivity (Wildman–Crippen MR) is 473 cm³/mol. The van der Waals surface area contributed by atoms with Crippen molar-refractivity contribution in [2.24, 2.45) is 11.7 Å². The third-order valence-electron chi connectivity index (χ3n) is 16.5. The number of fused-ring (bicyclic) bond motifs is 2. The fraction of sp³-hybridized carbons (Fsp3) is 0.512. The Morgan fingerprint density at radius 2 is 0.870 bits per heavy atom. The van der Waals surface area contributed by atoms with Crippen molar-refractivity contribution in [1.82, 2.24) is 39.9 Å². The molecule has 1 unspecified atom stereocenters. The van der Waals surface area contributed by atoms with Crippen LogP contribution in [0.4, 0.5) is 22.7 Å². The molecule has 2 aliphatic rings. The molecule has 1 atom stereocenters. The number of H-pyrrole nitrogens is 4. The number of aromatic amines is 4. The van der Waals surface area contributed by atoms with Crippen molar-refractivity contribution in [2.45, 2.75) is 226 Å². The number of ketones is 2. The van der Waals surface area contributed by atoms with E-state index in [4.69, 9.17) is 42.1 Å². The number of carboxylic acids is 1. The number of amides is 3. The van der Waals surface area contributed by atoms with Crippen LogP contribution in [0.5, 0.6) is 0 Å². The van der Waals surface area contributed by atoms with Gasteiger partial charge in [0, 0.05) is 72.5 Å². The zero-order chi connectivity index (χ0) is 92.6. The molecule has 0 saturated carbocycles. The average Bonchev–Trinajstić information content (AvgIpc) is 0.803. The number of aromatic nitrogens is 8. The number of rotatable bonds is 32. The molecule has 0 fully saturated rings. The van der Waals surface area contributed by atoms with Gasteiger partial charge in [0.2, 0.25) is 23.0 Å². The Labute approximate surface area is 735 Å². The molecule has 0 bridgehead atoms. The number of nitrogens with one attached hydrogen (secondary N) is 8. The first-order chi connectivity index (χ1) is 57.8. The van der Waals surface area contributed by atoms with E-state index in [0.29, 0.717) is 164 Å². The maximum absolute atomic E-state index is 12.7. The van der Waals surface area contributed by atoms with Gasteiger partial charge in [-0.05, 0) is 163 Å². The van der Waals surface area contributed by atoms with Gasteiger partial charge >= 0.3 is 35.8 Å². The van der Waals surface area contributed by atoms with Crippen LogP contribution in [0.1, 0.15) is 216 Å². The van der Waals surface area contributed by atoms with E-state index in [0.717, 1.165) is 22.8 Å². The van der Waals surface area contributed by atoms with Gasteiger partial charge in [0.15, 0.2) is 0 Å². The minimum Gasteiger partial charge on any atom is -0.481 e. The zero-order valence-corrected chi connectivity index (χ0v) is 76.2. The molecule has 0 radical (unpaired) electrons. The second-order valence-electron chi connectivity index (χ2n) is 26.0. The second kappa shape index (κ2) is 64.4. The zero-order valence-electron chi connectivity index (χ0n) is 73.1. The fourth-order valence-corrected chi connectivity index (χ4v) is 11.4. The SMILES string of the molecule is CC(=N)N.CCOC(=O)CC(=O)CC.CCOC(=O)CCBr.CCOC(=O)CCC(C(=O)CC)C(=O)OCC.CCOC(=O)CCc1c(CC)nc(C)[nH]c1=O.CCc1nc(C)[nH]c(=O)c1CCC(=O)Cl.CCc1nc(C)[nH]c(=O)c1CCC(=O)N1CC(=O)Nc2ccccc21.CCc1nc(C)[nH]c(=O)c1CCC(=O)O.Cl.O=C1CNc2ccccc2N1. The number of anilines is 4. The number of halogens is 3. The monoisotopic (exact) mass is 1830 g/mol. The Bertz CT molecular complexity index is 4590. The van der Waals surface area contributed by atoms with Gasteiger partial charge in [-0.2, -0.15) is 0 Å². The largest absolute Gasteiger partial charge is 0.481 e. The molecule has 39 heteroatoms. The Balaban J connectivity index is 0. The lowest BCUT2D eigenvalue weighted by molar-refractivity contribution is -0.153. The number of nitrogens with two attached hydrogens (primary N) is 1. The van der Waals surface area contributed by atoms with Crippen molar-refractivity contribution < 1.29 is 86.3 Å². The van der Waals surface area contributed by atoms with E-state index >= 15 is 0 Å². The van der Waals surface area contributed by atoms with E-state index in [9.17, 15) is 76.7 Å². The number of benzene rings is 2. The Hall–Kier alpha value is -11.5. The van der Waals surface area contributed by atoms with E-state index in [2.05, 4.69) is 81.2 Å². The quantitative estimate of drug-likeness (QED) is 0.00357. The van der Waals surface area contributed by atoms with Crippen LogP contribution in [0.15, 0.2) is 67.7 Å². The number of carbonyl (C=O) groups is 12. The van der Waals surface area contributed by atoms with Gasteiger partial charge in [0.1, 0.15) is 53.7 Å². The Morgan fingerprint density at radius 1 is 0.504 bits per heavy atom. The maximum atomic E-state index is 12.7. The molecular weight excluding hydrogens is 1710 g/mol. The molecule has 6 aromatic rings. The number of carboxylic acid groups (broad SMARTS) is 1. The highest BCUT2D eigenvalue weighted by molar-refractivity contribution is 9.09. The van der Waals surface area contributed by atoms with Crippen molar-refractivity contribution in [1.29, 1.82) is 5.41 Å². The molecule has 0 aliphatic carbocycles. The summed E-state index contributed by atoms with van der Waals surface area (Å²) in [5, 5.41) is 23.6. The van der Waals surface area contributed by atoms with Crippen LogP contribution in [0.2, 0.25) is 0 Å². The van der Waals surface area contributed by atoms with Crippen molar-refractivity contribution in [3.05, 3.63) is 158 Å². The molecule has 4 aromatic heterocycles. The fourth-order valence-electron chi connectivity index (χ4n) is 10.9. The van der Waals surface area contributed by atoms with Gasteiger partial charge in [-0.15, -0.1) is 12.4 Å². The van der Waals surface area contributed by atoms with Gasteiger partial charge in [0.05, 0.1) is 97.4 Å². The number of aryl methyl sites for hydroxylation is 8.